The molecule has 0 saturated heterocycles. The highest BCUT2D eigenvalue weighted by molar-refractivity contribution is 5.95. The van der Waals surface area contributed by atoms with Crippen LogP contribution in [0.3, 0.4) is 0 Å². The van der Waals surface area contributed by atoms with Gasteiger partial charge >= 0.3 is 0 Å². The minimum absolute atomic E-state index is 0.0607. The van der Waals surface area contributed by atoms with Crippen LogP contribution in [-0.2, 0) is 0 Å². The Morgan fingerprint density at radius 1 is 0.941 bits per heavy atom. The number of rotatable bonds is 2. The Balaban J connectivity index is 2.49. The molecular weight excluding hydrogens is 222 g/mol. The quantitative estimate of drug-likeness (QED) is 0.719. The lowest BCUT2D eigenvalue weighted by molar-refractivity contribution is 0.101. The van der Waals surface area contributed by atoms with Gasteiger partial charge in [0.1, 0.15) is 0 Å². The summed E-state index contributed by atoms with van der Waals surface area (Å²) in [6, 6.07) is 10.5. The summed E-state index contributed by atoms with van der Waals surface area (Å²) in [5.41, 5.74) is 1.79. The molecule has 0 amide bonds. The van der Waals surface area contributed by atoms with Crippen LogP contribution < -0.4 is 0 Å². The smallest absolute Gasteiger partial charge is 0.159 e. The van der Waals surface area contributed by atoms with E-state index < -0.39 is 11.6 Å². The molecule has 0 unspecified atom stereocenters. The van der Waals surface area contributed by atoms with E-state index in [9.17, 15) is 13.6 Å². The molecule has 0 aromatic heterocycles. The Morgan fingerprint density at radius 2 is 1.65 bits per heavy atom. The highest BCUT2D eigenvalue weighted by Crippen LogP contribution is 2.22. The molecule has 0 aliphatic carbocycles. The first-order chi connectivity index (χ1) is 8.08. The summed E-state index contributed by atoms with van der Waals surface area (Å²) in [5, 5.41) is 0. The van der Waals surface area contributed by atoms with Crippen molar-refractivity contribution in [1.29, 1.82) is 0 Å². The zero-order valence-corrected chi connectivity index (χ0v) is 9.21. The molecule has 0 bridgehead atoms. The summed E-state index contributed by atoms with van der Waals surface area (Å²) in [7, 11) is 0. The van der Waals surface area contributed by atoms with E-state index in [1.54, 1.807) is 24.3 Å². The molecule has 0 N–H and O–H groups in total. The highest BCUT2D eigenvalue weighted by atomic mass is 19.2. The molecule has 0 aliphatic heterocycles. The summed E-state index contributed by atoms with van der Waals surface area (Å²) < 4.78 is 25.9. The Kier molecular flexibility index (Phi) is 3.00. The van der Waals surface area contributed by atoms with Gasteiger partial charge in [0.05, 0.1) is 0 Å². The van der Waals surface area contributed by atoms with E-state index in [1.807, 2.05) is 0 Å². The molecule has 2 aromatic rings. The van der Waals surface area contributed by atoms with Crippen LogP contribution in [0.4, 0.5) is 8.78 Å². The van der Waals surface area contributed by atoms with Crippen molar-refractivity contribution < 1.29 is 13.6 Å². The maximum absolute atomic E-state index is 13.1. The summed E-state index contributed by atoms with van der Waals surface area (Å²) in [4.78, 5) is 11.2. The lowest BCUT2D eigenvalue weighted by Gasteiger charge is -2.04. The van der Waals surface area contributed by atoms with Crippen molar-refractivity contribution in [3.8, 4) is 11.1 Å². The first-order valence-corrected chi connectivity index (χ1v) is 5.14. The summed E-state index contributed by atoms with van der Waals surface area (Å²) >= 11 is 0. The van der Waals surface area contributed by atoms with E-state index in [0.717, 1.165) is 12.1 Å². The van der Waals surface area contributed by atoms with Crippen molar-refractivity contribution in [1.82, 2.24) is 0 Å². The lowest BCUT2D eigenvalue weighted by Crippen LogP contribution is -1.92. The standard InChI is InChI=1S/C14H10F2O/c1-9(17)10-3-2-4-11(7-10)12-5-6-13(15)14(16)8-12/h2-8H,1H3. The van der Waals surface area contributed by atoms with E-state index >= 15 is 0 Å². The predicted octanol–water partition coefficient (Wildman–Crippen LogP) is 3.83. The zero-order valence-electron chi connectivity index (χ0n) is 9.21. The maximum Gasteiger partial charge on any atom is 0.159 e. The topological polar surface area (TPSA) is 17.1 Å². The van der Waals surface area contributed by atoms with Crippen molar-refractivity contribution in [3.05, 3.63) is 59.7 Å². The van der Waals surface area contributed by atoms with E-state index in [0.29, 0.717) is 16.7 Å². The zero-order chi connectivity index (χ0) is 12.4. The maximum atomic E-state index is 13.1. The van der Waals surface area contributed by atoms with Crippen LogP contribution in [0.15, 0.2) is 42.5 Å². The van der Waals surface area contributed by atoms with Crippen LogP contribution in [0.2, 0.25) is 0 Å². The van der Waals surface area contributed by atoms with Gasteiger partial charge < -0.3 is 0 Å². The first kappa shape index (κ1) is 11.5. The fourth-order valence-electron chi connectivity index (χ4n) is 1.59. The number of Topliss-reactive ketones (excluding diaryl/α,β-unsaturated/α-hetero) is 1. The van der Waals surface area contributed by atoms with Gasteiger partial charge in [0.15, 0.2) is 17.4 Å². The predicted molar refractivity (Wildman–Crippen MR) is 61.8 cm³/mol. The number of carbonyl (C=O) groups excluding carboxylic acids is 1. The fraction of sp³-hybridized carbons (Fsp3) is 0.0714. The fourth-order valence-corrected chi connectivity index (χ4v) is 1.59. The second kappa shape index (κ2) is 4.45. The average molecular weight is 232 g/mol. The molecule has 17 heavy (non-hydrogen) atoms. The Bertz CT molecular complexity index is 576. The summed E-state index contributed by atoms with van der Waals surface area (Å²) in [6.07, 6.45) is 0. The number of hydrogen-bond donors (Lipinski definition) is 0. The lowest BCUT2D eigenvalue weighted by atomic mass is 10.0. The van der Waals surface area contributed by atoms with Crippen LogP contribution >= 0.6 is 0 Å². The van der Waals surface area contributed by atoms with Crippen molar-refractivity contribution in [2.75, 3.05) is 0 Å². The molecular formula is C14H10F2O. The minimum Gasteiger partial charge on any atom is -0.295 e. The third kappa shape index (κ3) is 2.38. The Morgan fingerprint density at radius 3 is 2.29 bits per heavy atom. The number of hydrogen-bond acceptors (Lipinski definition) is 1. The Labute approximate surface area is 97.7 Å². The molecule has 0 atom stereocenters. The average Bonchev–Trinajstić information content (AvgIpc) is 2.33. The van der Waals surface area contributed by atoms with Gasteiger partial charge in [-0.1, -0.05) is 24.3 Å². The molecule has 86 valence electrons. The van der Waals surface area contributed by atoms with Gasteiger partial charge in [0.2, 0.25) is 0 Å². The number of benzene rings is 2. The molecule has 0 saturated carbocycles. The Hall–Kier alpha value is -2.03. The SMILES string of the molecule is CC(=O)c1cccc(-c2ccc(F)c(F)c2)c1. The third-order valence-corrected chi connectivity index (χ3v) is 2.52. The van der Waals surface area contributed by atoms with Gasteiger partial charge in [-0.15, -0.1) is 0 Å². The molecule has 3 heteroatoms. The molecule has 0 radical (unpaired) electrons. The van der Waals surface area contributed by atoms with Crippen molar-refractivity contribution in [3.63, 3.8) is 0 Å². The molecule has 0 aliphatic rings. The molecule has 2 rings (SSSR count). The van der Waals surface area contributed by atoms with Crippen LogP contribution in [-0.4, -0.2) is 5.78 Å². The molecule has 0 fully saturated rings. The van der Waals surface area contributed by atoms with Gasteiger partial charge in [-0.2, -0.15) is 0 Å². The second-order valence-corrected chi connectivity index (χ2v) is 3.77. The summed E-state index contributed by atoms with van der Waals surface area (Å²) in [6.45, 7) is 1.46. The van der Waals surface area contributed by atoms with Gasteiger partial charge in [0.25, 0.3) is 0 Å². The number of halogens is 2. The van der Waals surface area contributed by atoms with Crippen LogP contribution in [0.1, 0.15) is 17.3 Å². The van der Waals surface area contributed by atoms with Gasteiger partial charge in [-0.3, -0.25) is 4.79 Å². The second-order valence-electron chi connectivity index (χ2n) is 3.77. The monoisotopic (exact) mass is 232 g/mol. The minimum atomic E-state index is -0.893. The van der Waals surface area contributed by atoms with Gasteiger partial charge in [-0.05, 0) is 36.2 Å². The number of carbonyl (C=O) groups is 1. The normalized spacial score (nSPS) is 10.3. The molecule has 2 aromatic carbocycles. The first-order valence-electron chi connectivity index (χ1n) is 5.14. The van der Waals surface area contributed by atoms with E-state index in [-0.39, 0.29) is 5.78 Å². The largest absolute Gasteiger partial charge is 0.295 e. The van der Waals surface area contributed by atoms with Crippen molar-refractivity contribution in [2.45, 2.75) is 6.92 Å². The number of ketones is 1. The van der Waals surface area contributed by atoms with Gasteiger partial charge in [-0.25, -0.2) is 8.78 Å². The van der Waals surface area contributed by atoms with Crippen LogP contribution in [0.5, 0.6) is 0 Å². The third-order valence-electron chi connectivity index (χ3n) is 2.52. The van der Waals surface area contributed by atoms with Crippen LogP contribution in [0.25, 0.3) is 11.1 Å². The van der Waals surface area contributed by atoms with E-state index in [1.165, 1.54) is 13.0 Å². The van der Waals surface area contributed by atoms with E-state index in [4.69, 9.17) is 0 Å². The molecule has 0 heterocycles. The molecule has 0 spiro atoms. The van der Waals surface area contributed by atoms with E-state index in [2.05, 4.69) is 0 Å². The molecule has 1 nitrogen and oxygen atoms in total. The van der Waals surface area contributed by atoms with Crippen LogP contribution in [0, 0.1) is 11.6 Å². The van der Waals surface area contributed by atoms with Crippen molar-refractivity contribution in [2.24, 2.45) is 0 Å². The summed E-state index contributed by atoms with van der Waals surface area (Å²) in [5.74, 6) is -1.83. The highest BCUT2D eigenvalue weighted by Gasteiger charge is 2.06. The van der Waals surface area contributed by atoms with Crippen molar-refractivity contribution >= 4 is 5.78 Å². The van der Waals surface area contributed by atoms with Gasteiger partial charge in [0, 0.05) is 5.56 Å².